The Labute approximate surface area is 256 Å². The number of carbonyl (C=O) groups is 1. The van der Waals surface area contributed by atoms with Crippen LogP contribution in [0.5, 0.6) is 5.75 Å². The van der Waals surface area contributed by atoms with Crippen molar-refractivity contribution in [3.05, 3.63) is 86.1 Å². The number of nitrogens with one attached hydrogen (secondary N) is 1. The summed E-state index contributed by atoms with van der Waals surface area (Å²) in [5, 5.41) is 6.57. The van der Waals surface area contributed by atoms with Gasteiger partial charge in [0.05, 0.1) is 29.6 Å². The maximum atomic E-state index is 14.6. The fourth-order valence-electron chi connectivity index (χ4n) is 5.45. The summed E-state index contributed by atoms with van der Waals surface area (Å²) in [6.45, 7) is 10.3. The lowest BCUT2D eigenvalue weighted by Gasteiger charge is -2.33. The molecule has 1 amide bonds. The Balaban J connectivity index is 1.78. The number of thiazole rings is 1. The van der Waals surface area contributed by atoms with Crippen LogP contribution in [0.25, 0.3) is 27.5 Å². The molecule has 3 heterocycles. The zero-order valence-corrected chi connectivity index (χ0v) is 26.3. The van der Waals surface area contributed by atoms with Crippen LogP contribution in [-0.4, -0.2) is 53.1 Å². The molecule has 5 rings (SSSR count). The van der Waals surface area contributed by atoms with Gasteiger partial charge in [-0.3, -0.25) is 14.2 Å². The van der Waals surface area contributed by atoms with Crippen LogP contribution in [0.1, 0.15) is 49.3 Å². The van der Waals surface area contributed by atoms with E-state index in [0.29, 0.717) is 58.5 Å². The molecule has 0 radical (unpaired) electrons. The number of benzene rings is 2. The standard InChI is InChI=1S/C33H37ClN4O3S/c1-6-22-9-12-25(41-5)16-29(22)38-30(15-20(2)3)26(32(39)37-14-13-35-21(4)18-37)17-27(33(38)40)31-36-28(19-42-31)23-7-10-24(34)11-8-23/h7-12,16-17,19-21,35H,6,13-15,18H2,1-5H3/t21-/m0/s1. The van der Waals surface area contributed by atoms with Crippen LogP contribution in [0.15, 0.2) is 58.7 Å². The molecule has 1 N–H and O–H groups in total. The predicted octanol–water partition coefficient (Wildman–Crippen LogP) is 6.48. The summed E-state index contributed by atoms with van der Waals surface area (Å²) in [5.41, 5.74) is 4.86. The second-order valence-corrected chi connectivity index (χ2v) is 12.5. The van der Waals surface area contributed by atoms with Gasteiger partial charge in [-0.25, -0.2) is 4.98 Å². The number of rotatable bonds is 8. The number of nitrogens with zero attached hydrogens (tertiary/aromatic N) is 3. The van der Waals surface area contributed by atoms with Crippen molar-refractivity contribution in [2.75, 3.05) is 26.7 Å². The molecule has 2 aromatic heterocycles. The maximum Gasteiger partial charge on any atom is 0.265 e. The van der Waals surface area contributed by atoms with Crippen LogP contribution in [0.3, 0.4) is 0 Å². The van der Waals surface area contributed by atoms with Crippen molar-refractivity contribution >= 4 is 28.8 Å². The van der Waals surface area contributed by atoms with Gasteiger partial charge in [-0.05, 0) is 55.5 Å². The van der Waals surface area contributed by atoms with Crippen molar-refractivity contribution in [1.82, 2.24) is 19.8 Å². The van der Waals surface area contributed by atoms with Crippen LogP contribution in [0.2, 0.25) is 5.02 Å². The van der Waals surface area contributed by atoms with Gasteiger partial charge >= 0.3 is 0 Å². The molecular weight excluding hydrogens is 568 g/mol. The molecule has 9 heteroatoms. The predicted molar refractivity (Wildman–Crippen MR) is 171 cm³/mol. The zero-order chi connectivity index (χ0) is 30.0. The molecule has 0 saturated carbocycles. The van der Waals surface area contributed by atoms with Crippen molar-refractivity contribution in [2.45, 2.75) is 46.6 Å². The first-order valence-corrected chi connectivity index (χ1v) is 15.7. The third kappa shape index (κ3) is 6.16. The first kappa shape index (κ1) is 30.0. The minimum absolute atomic E-state index is 0.0653. The lowest BCUT2D eigenvalue weighted by atomic mass is 9.98. The second kappa shape index (κ2) is 12.8. The highest BCUT2D eigenvalue weighted by Crippen LogP contribution is 2.32. The van der Waals surface area contributed by atoms with E-state index < -0.39 is 0 Å². The number of hydrogen-bond donors (Lipinski definition) is 1. The molecule has 4 aromatic rings. The van der Waals surface area contributed by atoms with Gasteiger partial charge in [0.1, 0.15) is 10.8 Å². The molecule has 220 valence electrons. The zero-order valence-electron chi connectivity index (χ0n) is 24.7. The second-order valence-electron chi connectivity index (χ2n) is 11.2. The van der Waals surface area contributed by atoms with Crippen molar-refractivity contribution in [3.8, 4) is 33.3 Å². The van der Waals surface area contributed by atoms with E-state index in [9.17, 15) is 9.59 Å². The van der Waals surface area contributed by atoms with Gasteiger partial charge in [0, 0.05) is 53.4 Å². The molecule has 1 aliphatic rings. The Bertz CT molecular complexity index is 1640. The van der Waals surface area contributed by atoms with Crippen LogP contribution < -0.4 is 15.6 Å². The van der Waals surface area contributed by atoms with Gasteiger partial charge in [-0.2, -0.15) is 0 Å². The summed E-state index contributed by atoms with van der Waals surface area (Å²) in [5.74, 6) is 0.796. The summed E-state index contributed by atoms with van der Waals surface area (Å²) in [6, 6.07) is 15.2. The van der Waals surface area contributed by atoms with E-state index in [4.69, 9.17) is 21.3 Å². The van der Waals surface area contributed by atoms with E-state index in [1.807, 2.05) is 52.7 Å². The van der Waals surface area contributed by atoms with E-state index in [1.54, 1.807) is 17.7 Å². The molecule has 1 saturated heterocycles. The average Bonchev–Trinajstić information content (AvgIpc) is 3.47. The van der Waals surface area contributed by atoms with Gasteiger partial charge in [0.15, 0.2) is 0 Å². The number of ether oxygens (including phenoxy) is 1. The van der Waals surface area contributed by atoms with E-state index >= 15 is 0 Å². The first-order chi connectivity index (χ1) is 20.2. The lowest BCUT2D eigenvalue weighted by Crippen LogP contribution is -2.51. The maximum absolute atomic E-state index is 14.6. The van der Waals surface area contributed by atoms with E-state index in [2.05, 4.69) is 33.0 Å². The van der Waals surface area contributed by atoms with Gasteiger partial charge in [-0.15, -0.1) is 11.3 Å². The molecule has 42 heavy (non-hydrogen) atoms. The molecule has 0 unspecified atom stereocenters. The largest absolute Gasteiger partial charge is 0.497 e. The normalized spacial score (nSPS) is 15.3. The monoisotopic (exact) mass is 604 g/mol. The summed E-state index contributed by atoms with van der Waals surface area (Å²) >= 11 is 7.50. The van der Waals surface area contributed by atoms with E-state index in [0.717, 1.165) is 29.1 Å². The van der Waals surface area contributed by atoms with Gasteiger partial charge < -0.3 is 15.0 Å². The number of methoxy groups -OCH3 is 1. The van der Waals surface area contributed by atoms with Crippen molar-refractivity contribution in [2.24, 2.45) is 5.92 Å². The highest BCUT2D eigenvalue weighted by molar-refractivity contribution is 7.13. The molecule has 0 spiro atoms. The Morgan fingerprint density at radius 1 is 1.19 bits per heavy atom. The van der Waals surface area contributed by atoms with Crippen molar-refractivity contribution in [1.29, 1.82) is 0 Å². The summed E-state index contributed by atoms with van der Waals surface area (Å²) < 4.78 is 7.33. The lowest BCUT2D eigenvalue weighted by molar-refractivity contribution is 0.0707. The van der Waals surface area contributed by atoms with Crippen LogP contribution in [-0.2, 0) is 12.8 Å². The Kier molecular flexibility index (Phi) is 9.16. The fraction of sp³-hybridized carbons (Fsp3) is 0.364. The molecule has 7 nitrogen and oxygen atoms in total. The number of carbonyl (C=O) groups excluding carboxylic acids is 1. The minimum atomic E-state index is -0.198. The highest BCUT2D eigenvalue weighted by atomic mass is 35.5. The Morgan fingerprint density at radius 2 is 1.95 bits per heavy atom. The topological polar surface area (TPSA) is 76.5 Å². The number of halogens is 1. The van der Waals surface area contributed by atoms with E-state index in [1.165, 1.54) is 11.3 Å². The number of aromatic nitrogens is 2. The molecule has 1 fully saturated rings. The Morgan fingerprint density at radius 3 is 2.62 bits per heavy atom. The number of pyridine rings is 1. The van der Waals surface area contributed by atoms with Gasteiger partial charge in [0.25, 0.3) is 11.5 Å². The van der Waals surface area contributed by atoms with Crippen molar-refractivity contribution < 1.29 is 9.53 Å². The quantitative estimate of drug-likeness (QED) is 0.249. The van der Waals surface area contributed by atoms with Crippen LogP contribution in [0.4, 0.5) is 0 Å². The number of amides is 1. The molecule has 0 aliphatic carbocycles. The summed E-state index contributed by atoms with van der Waals surface area (Å²) in [6.07, 6.45) is 1.28. The molecule has 2 aromatic carbocycles. The average molecular weight is 605 g/mol. The highest BCUT2D eigenvalue weighted by Gasteiger charge is 2.29. The smallest absolute Gasteiger partial charge is 0.265 e. The van der Waals surface area contributed by atoms with Gasteiger partial charge in [0.2, 0.25) is 0 Å². The van der Waals surface area contributed by atoms with Crippen LogP contribution >= 0.6 is 22.9 Å². The van der Waals surface area contributed by atoms with Crippen molar-refractivity contribution in [3.63, 3.8) is 0 Å². The molecular formula is C33H37ClN4O3S. The first-order valence-electron chi connectivity index (χ1n) is 14.4. The molecule has 1 aliphatic heterocycles. The Hall–Kier alpha value is -3.46. The SMILES string of the molecule is CCc1ccc(OC)cc1-n1c(CC(C)C)c(C(=O)N2CCN[C@@H](C)C2)cc(-c2nc(-c3ccc(Cl)cc3)cs2)c1=O. The number of piperazine rings is 1. The number of aryl methyl sites for hydroxylation is 1. The molecule has 0 bridgehead atoms. The third-order valence-electron chi connectivity index (χ3n) is 7.58. The minimum Gasteiger partial charge on any atom is -0.497 e. The number of hydrogen-bond acceptors (Lipinski definition) is 6. The molecule has 1 atom stereocenters. The van der Waals surface area contributed by atoms with Gasteiger partial charge in [-0.1, -0.05) is 50.6 Å². The third-order valence-corrected chi connectivity index (χ3v) is 8.71. The summed E-state index contributed by atoms with van der Waals surface area (Å²) in [4.78, 5) is 35.6. The summed E-state index contributed by atoms with van der Waals surface area (Å²) in [7, 11) is 1.62. The van der Waals surface area contributed by atoms with Crippen LogP contribution in [0, 0.1) is 5.92 Å². The fourth-order valence-corrected chi connectivity index (χ4v) is 6.41. The van der Waals surface area contributed by atoms with E-state index in [-0.39, 0.29) is 23.4 Å².